The van der Waals surface area contributed by atoms with Gasteiger partial charge in [-0.1, -0.05) is 55.0 Å². The Kier molecular flexibility index (Phi) is 5.64. The second kappa shape index (κ2) is 8.30. The van der Waals surface area contributed by atoms with Crippen LogP contribution in [0.1, 0.15) is 34.1 Å². The molecular formula is C22H23N3O. The zero-order chi connectivity index (χ0) is 18.4. The van der Waals surface area contributed by atoms with E-state index in [0.717, 1.165) is 23.4 Å². The van der Waals surface area contributed by atoms with Gasteiger partial charge in [-0.05, 0) is 42.7 Å². The fourth-order valence-corrected chi connectivity index (χ4v) is 2.71. The molecular weight excluding hydrogens is 322 g/mol. The molecule has 4 heteroatoms. The highest BCUT2D eigenvalue weighted by molar-refractivity contribution is 6.03. The van der Waals surface area contributed by atoms with Gasteiger partial charge < -0.3 is 10.6 Å². The molecule has 0 radical (unpaired) electrons. The van der Waals surface area contributed by atoms with Crippen LogP contribution in [0.15, 0.2) is 66.9 Å². The van der Waals surface area contributed by atoms with E-state index < -0.39 is 0 Å². The van der Waals surface area contributed by atoms with Crippen LogP contribution in [0, 0.1) is 6.92 Å². The Morgan fingerprint density at radius 1 is 1.04 bits per heavy atom. The standard InChI is InChI=1S/C22H23N3O/c1-3-18-6-4-5-7-20(18)25-22(26)21-14-19(12-13-23-21)24-15-17-10-8-16(2)9-11-17/h4-14H,3,15H2,1-2H3,(H,23,24)(H,25,26). The number of amides is 1. The van der Waals surface area contributed by atoms with Gasteiger partial charge in [0, 0.05) is 24.1 Å². The summed E-state index contributed by atoms with van der Waals surface area (Å²) in [4.78, 5) is 16.8. The summed E-state index contributed by atoms with van der Waals surface area (Å²) in [5, 5.41) is 6.30. The number of nitrogens with zero attached hydrogens (tertiary/aromatic N) is 1. The monoisotopic (exact) mass is 345 g/mol. The topological polar surface area (TPSA) is 54.0 Å². The summed E-state index contributed by atoms with van der Waals surface area (Å²) >= 11 is 0. The van der Waals surface area contributed by atoms with E-state index in [0.29, 0.717) is 12.2 Å². The Morgan fingerprint density at radius 2 is 1.81 bits per heavy atom. The van der Waals surface area contributed by atoms with Gasteiger partial charge in [-0.3, -0.25) is 9.78 Å². The lowest BCUT2D eigenvalue weighted by Crippen LogP contribution is -2.15. The maximum absolute atomic E-state index is 12.5. The van der Waals surface area contributed by atoms with Crippen molar-refractivity contribution in [1.29, 1.82) is 0 Å². The third kappa shape index (κ3) is 4.48. The largest absolute Gasteiger partial charge is 0.381 e. The number of para-hydroxylation sites is 1. The molecule has 1 aromatic heterocycles. The second-order valence-electron chi connectivity index (χ2n) is 6.23. The summed E-state index contributed by atoms with van der Waals surface area (Å²) in [6, 6.07) is 19.8. The zero-order valence-corrected chi connectivity index (χ0v) is 15.1. The minimum absolute atomic E-state index is 0.204. The average molecular weight is 345 g/mol. The number of carbonyl (C=O) groups is 1. The van der Waals surface area contributed by atoms with Crippen LogP contribution in [0.3, 0.4) is 0 Å². The fourth-order valence-electron chi connectivity index (χ4n) is 2.71. The van der Waals surface area contributed by atoms with Crippen molar-refractivity contribution in [3.8, 4) is 0 Å². The molecule has 0 bridgehead atoms. The van der Waals surface area contributed by atoms with Crippen LogP contribution in [-0.2, 0) is 13.0 Å². The molecule has 0 saturated carbocycles. The predicted molar refractivity (Wildman–Crippen MR) is 107 cm³/mol. The normalized spacial score (nSPS) is 10.4. The highest BCUT2D eigenvalue weighted by Crippen LogP contribution is 2.17. The lowest BCUT2D eigenvalue weighted by atomic mass is 10.1. The summed E-state index contributed by atoms with van der Waals surface area (Å²) in [7, 11) is 0. The van der Waals surface area contributed by atoms with E-state index in [1.165, 1.54) is 11.1 Å². The van der Waals surface area contributed by atoms with E-state index in [4.69, 9.17) is 0 Å². The molecule has 0 aliphatic rings. The maximum atomic E-state index is 12.5. The third-order valence-electron chi connectivity index (χ3n) is 4.26. The fraction of sp³-hybridized carbons (Fsp3) is 0.182. The van der Waals surface area contributed by atoms with Crippen molar-refractivity contribution in [3.63, 3.8) is 0 Å². The van der Waals surface area contributed by atoms with Gasteiger partial charge in [-0.25, -0.2) is 0 Å². The molecule has 0 spiro atoms. The molecule has 0 unspecified atom stereocenters. The van der Waals surface area contributed by atoms with Crippen molar-refractivity contribution < 1.29 is 4.79 Å². The molecule has 2 N–H and O–H groups in total. The Morgan fingerprint density at radius 3 is 2.58 bits per heavy atom. The number of hydrogen-bond donors (Lipinski definition) is 2. The number of rotatable bonds is 6. The van der Waals surface area contributed by atoms with E-state index in [1.807, 2.05) is 30.3 Å². The van der Waals surface area contributed by atoms with Crippen molar-refractivity contribution in [2.75, 3.05) is 10.6 Å². The van der Waals surface area contributed by atoms with Crippen molar-refractivity contribution in [3.05, 3.63) is 89.2 Å². The number of anilines is 2. The molecule has 26 heavy (non-hydrogen) atoms. The smallest absolute Gasteiger partial charge is 0.274 e. The maximum Gasteiger partial charge on any atom is 0.274 e. The molecule has 0 saturated heterocycles. The SMILES string of the molecule is CCc1ccccc1NC(=O)c1cc(NCc2ccc(C)cc2)ccn1. The van der Waals surface area contributed by atoms with E-state index in [1.54, 1.807) is 12.3 Å². The number of aryl methyl sites for hydroxylation is 2. The molecule has 4 nitrogen and oxygen atoms in total. The molecule has 3 rings (SSSR count). The predicted octanol–water partition coefficient (Wildman–Crippen LogP) is 4.82. The van der Waals surface area contributed by atoms with Gasteiger partial charge in [0.05, 0.1) is 0 Å². The molecule has 2 aromatic carbocycles. The van der Waals surface area contributed by atoms with Crippen molar-refractivity contribution in [2.24, 2.45) is 0 Å². The molecule has 1 amide bonds. The number of pyridine rings is 1. The van der Waals surface area contributed by atoms with Crippen LogP contribution >= 0.6 is 0 Å². The first kappa shape index (κ1) is 17.7. The van der Waals surface area contributed by atoms with Crippen molar-refractivity contribution in [2.45, 2.75) is 26.8 Å². The van der Waals surface area contributed by atoms with E-state index in [-0.39, 0.29) is 5.91 Å². The van der Waals surface area contributed by atoms with Gasteiger partial charge in [0.25, 0.3) is 5.91 Å². The van der Waals surface area contributed by atoms with Crippen LogP contribution in [0.2, 0.25) is 0 Å². The molecule has 0 fully saturated rings. The number of nitrogens with one attached hydrogen (secondary N) is 2. The highest BCUT2D eigenvalue weighted by atomic mass is 16.1. The van der Waals surface area contributed by atoms with Gasteiger partial charge in [0.15, 0.2) is 0 Å². The Bertz CT molecular complexity index is 888. The first-order valence-electron chi connectivity index (χ1n) is 8.80. The lowest BCUT2D eigenvalue weighted by Gasteiger charge is -2.11. The molecule has 0 aliphatic carbocycles. The van der Waals surface area contributed by atoms with Crippen LogP contribution in [-0.4, -0.2) is 10.9 Å². The first-order chi connectivity index (χ1) is 12.7. The van der Waals surface area contributed by atoms with Gasteiger partial charge in [-0.15, -0.1) is 0 Å². The van der Waals surface area contributed by atoms with Gasteiger partial charge >= 0.3 is 0 Å². The molecule has 0 aliphatic heterocycles. The summed E-state index contributed by atoms with van der Waals surface area (Å²) in [5.74, 6) is -0.204. The minimum atomic E-state index is -0.204. The van der Waals surface area contributed by atoms with Crippen LogP contribution < -0.4 is 10.6 Å². The number of hydrogen-bond acceptors (Lipinski definition) is 3. The van der Waals surface area contributed by atoms with Crippen LogP contribution in [0.25, 0.3) is 0 Å². The summed E-state index contributed by atoms with van der Waals surface area (Å²) in [5.41, 5.74) is 5.63. The second-order valence-corrected chi connectivity index (χ2v) is 6.23. The number of carbonyl (C=O) groups excluding carboxylic acids is 1. The summed E-state index contributed by atoms with van der Waals surface area (Å²) in [6.07, 6.45) is 2.51. The highest BCUT2D eigenvalue weighted by Gasteiger charge is 2.10. The third-order valence-corrected chi connectivity index (χ3v) is 4.26. The minimum Gasteiger partial charge on any atom is -0.381 e. The quantitative estimate of drug-likeness (QED) is 0.673. The molecule has 3 aromatic rings. The van der Waals surface area contributed by atoms with Crippen molar-refractivity contribution >= 4 is 17.3 Å². The Hall–Kier alpha value is -3.14. The molecule has 132 valence electrons. The number of benzene rings is 2. The van der Waals surface area contributed by atoms with E-state index in [2.05, 4.69) is 53.7 Å². The zero-order valence-electron chi connectivity index (χ0n) is 15.1. The van der Waals surface area contributed by atoms with Gasteiger partial charge in [-0.2, -0.15) is 0 Å². The molecule has 0 atom stereocenters. The molecule has 1 heterocycles. The van der Waals surface area contributed by atoms with Crippen LogP contribution in [0.4, 0.5) is 11.4 Å². The Balaban J connectivity index is 1.68. The Labute approximate surface area is 154 Å². The van der Waals surface area contributed by atoms with Gasteiger partial charge in [0.1, 0.15) is 5.69 Å². The summed E-state index contributed by atoms with van der Waals surface area (Å²) in [6.45, 7) is 4.84. The summed E-state index contributed by atoms with van der Waals surface area (Å²) < 4.78 is 0. The average Bonchev–Trinajstić information content (AvgIpc) is 2.68. The lowest BCUT2D eigenvalue weighted by molar-refractivity contribution is 0.102. The van der Waals surface area contributed by atoms with Gasteiger partial charge in [0.2, 0.25) is 0 Å². The van der Waals surface area contributed by atoms with E-state index >= 15 is 0 Å². The van der Waals surface area contributed by atoms with Crippen molar-refractivity contribution in [1.82, 2.24) is 4.98 Å². The van der Waals surface area contributed by atoms with Crippen LogP contribution in [0.5, 0.6) is 0 Å². The number of aromatic nitrogens is 1. The van der Waals surface area contributed by atoms with E-state index in [9.17, 15) is 4.79 Å². The first-order valence-corrected chi connectivity index (χ1v) is 8.80.